The van der Waals surface area contributed by atoms with Gasteiger partial charge in [0.2, 0.25) is 11.8 Å². The molecule has 1 rings (SSSR count). The minimum absolute atomic E-state index is 0.0264. The summed E-state index contributed by atoms with van der Waals surface area (Å²) in [5, 5.41) is 2.80. The van der Waals surface area contributed by atoms with Crippen LogP contribution < -0.4 is 5.32 Å². The fourth-order valence-corrected chi connectivity index (χ4v) is 2.07. The maximum absolute atomic E-state index is 12.3. The van der Waals surface area contributed by atoms with Gasteiger partial charge < -0.3 is 15.0 Å². The van der Waals surface area contributed by atoms with Crippen LogP contribution in [0, 0.1) is 5.92 Å². The van der Waals surface area contributed by atoms with E-state index >= 15 is 0 Å². The predicted octanol–water partition coefficient (Wildman–Crippen LogP) is 0.786. The number of nitrogens with zero attached hydrogens (tertiary/aromatic N) is 1. The molecule has 0 spiro atoms. The fraction of sp³-hybridized carbons (Fsp3) is 0.846. The fourth-order valence-electron chi connectivity index (χ4n) is 2.07. The minimum atomic E-state index is -0.373. The summed E-state index contributed by atoms with van der Waals surface area (Å²) < 4.78 is 4.99. The van der Waals surface area contributed by atoms with Crippen LogP contribution in [-0.4, -0.2) is 49.6 Å². The highest BCUT2D eigenvalue weighted by Crippen LogP contribution is 2.11. The molecule has 1 atom stereocenters. The van der Waals surface area contributed by atoms with Gasteiger partial charge >= 0.3 is 0 Å². The van der Waals surface area contributed by atoms with E-state index in [-0.39, 0.29) is 23.8 Å². The maximum atomic E-state index is 12.3. The van der Waals surface area contributed by atoms with Crippen LogP contribution in [0.2, 0.25) is 0 Å². The summed E-state index contributed by atoms with van der Waals surface area (Å²) in [7, 11) is 1.68. The van der Waals surface area contributed by atoms with Crippen LogP contribution in [0.3, 0.4) is 0 Å². The quantitative estimate of drug-likeness (QED) is 0.715. The first-order chi connectivity index (χ1) is 8.56. The van der Waals surface area contributed by atoms with Crippen molar-refractivity contribution in [2.45, 2.75) is 39.2 Å². The second-order valence-electron chi connectivity index (χ2n) is 5.06. The smallest absolute Gasteiger partial charge is 0.245 e. The van der Waals surface area contributed by atoms with E-state index in [4.69, 9.17) is 4.74 Å². The van der Waals surface area contributed by atoms with Crippen molar-refractivity contribution in [3.05, 3.63) is 0 Å². The molecule has 0 saturated carbocycles. The SMILES string of the molecule is COCCCCN1CCC(=O)NC(C(C)C)C1=O. The molecule has 1 aliphatic rings. The van der Waals surface area contributed by atoms with Crippen LogP contribution in [0.4, 0.5) is 0 Å². The molecule has 1 heterocycles. The molecular weight excluding hydrogens is 232 g/mol. The van der Waals surface area contributed by atoms with Crippen LogP contribution in [0.15, 0.2) is 0 Å². The molecular formula is C13H24N2O3. The third kappa shape index (κ3) is 4.29. The molecule has 0 bridgehead atoms. The molecule has 5 nitrogen and oxygen atoms in total. The molecule has 1 fully saturated rings. The largest absolute Gasteiger partial charge is 0.385 e. The third-order valence-electron chi connectivity index (χ3n) is 3.20. The highest BCUT2D eigenvalue weighted by molar-refractivity contribution is 5.90. The summed E-state index contributed by atoms with van der Waals surface area (Å²) in [6.45, 7) is 5.86. The van der Waals surface area contributed by atoms with Crippen molar-refractivity contribution >= 4 is 11.8 Å². The molecule has 0 radical (unpaired) electrons. The molecule has 0 aliphatic carbocycles. The lowest BCUT2D eigenvalue weighted by atomic mass is 10.0. The van der Waals surface area contributed by atoms with Crippen LogP contribution in [0.1, 0.15) is 33.1 Å². The lowest BCUT2D eigenvalue weighted by molar-refractivity contribution is -0.134. The molecule has 18 heavy (non-hydrogen) atoms. The van der Waals surface area contributed by atoms with Crippen molar-refractivity contribution in [1.82, 2.24) is 10.2 Å². The Morgan fingerprint density at radius 1 is 1.39 bits per heavy atom. The first kappa shape index (κ1) is 15.0. The first-order valence-electron chi connectivity index (χ1n) is 6.63. The molecule has 0 aromatic rings. The Morgan fingerprint density at radius 3 is 2.72 bits per heavy atom. The monoisotopic (exact) mass is 256 g/mol. The van der Waals surface area contributed by atoms with Crippen molar-refractivity contribution in [2.75, 3.05) is 26.8 Å². The number of ether oxygens (including phenoxy) is 1. The van der Waals surface area contributed by atoms with Gasteiger partial charge in [0, 0.05) is 33.2 Å². The number of unbranched alkanes of at least 4 members (excludes halogenated alkanes) is 1. The molecule has 1 saturated heterocycles. The van der Waals surface area contributed by atoms with E-state index in [2.05, 4.69) is 5.32 Å². The lowest BCUT2D eigenvalue weighted by Gasteiger charge is -2.26. The number of hydrogen-bond acceptors (Lipinski definition) is 3. The third-order valence-corrected chi connectivity index (χ3v) is 3.20. The van der Waals surface area contributed by atoms with Gasteiger partial charge in [0.05, 0.1) is 0 Å². The second kappa shape index (κ2) is 7.36. The van der Waals surface area contributed by atoms with Crippen LogP contribution in [0.25, 0.3) is 0 Å². The number of amides is 2. The first-order valence-corrected chi connectivity index (χ1v) is 6.63. The van der Waals surface area contributed by atoms with Gasteiger partial charge in [-0.25, -0.2) is 0 Å². The van der Waals surface area contributed by atoms with Gasteiger partial charge in [-0.15, -0.1) is 0 Å². The van der Waals surface area contributed by atoms with Gasteiger partial charge in [-0.05, 0) is 18.8 Å². The van der Waals surface area contributed by atoms with E-state index < -0.39 is 0 Å². The summed E-state index contributed by atoms with van der Waals surface area (Å²) >= 11 is 0. The summed E-state index contributed by atoms with van der Waals surface area (Å²) in [6.07, 6.45) is 2.26. The van der Waals surface area contributed by atoms with E-state index in [9.17, 15) is 9.59 Å². The normalized spacial score (nSPS) is 21.1. The van der Waals surface area contributed by atoms with E-state index in [1.54, 1.807) is 12.0 Å². The van der Waals surface area contributed by atoms with Gasteiger partial charge in [-0.1, -0.05) is 13.8 Å². The molecule has 5 heteroatoms. The molecule has 2 amide bonds. The van der Waals surface area contributed by atoms with Gasteiger partial charge in [0.25, 0.3) is 0 Å². The zero-order valence-corrected chi connectivity index (χ0v) is 11.6. The van der Waals surface area contributed by atoms with Gasteiger partial charge in [0.1, 0.15) is 6.04 Å². The number of hydrogen-bond donors (Lipinski definition) is 1. The van der Waals surface area contributed by atoms with Crippen LogP contribution >= 0.6 is 0 Å². The van der Waals surface area contributed by atoms with Crippen molar-refractivity contribution < 1.29 is 14.3 Å². The van der Waals surface area contributed by atoms with E-state index in [0.717, 1.165) is 12.8 Å². The Morgan fingerprint density at radius 2 is 2.11 bits per heavy atom. The number of carbonyl (C=O) groups excluding carboxylic acids is 2. The highest BCUT2D eigenvalue weighted by Gasteiger charge is 2.31. The standard InChI is InChI=1S/C13H24N2O3/c1-10(2)12-13(17)15(7-4-5-9-18-3)8-6-11(16)14-12/h10,12H,4-9H2,1-3H3,(H,14,16). The van der Waals surface area contributed by atoms with Gasteiger partial charge in [-0.3, -0.25) is 9.59 Å². The van der Waals surface area contributed by atoms with Gasteiger partial charge in [-0.2, -0.15) is 0 Å². The zero-order valence-electron chi connectivity index (χ0n) is 11.6. The van der Waals surface area contributed by atoms with Crippen LogP contribution in [-0.2, 0) is 14.3 Å². The van der Waals surface area contributed by atoms with Crippen molar-refractivity contribution in [1.29, 1.82) is 0 Å². The Labute approximate surface area is 109 Å². The minimum Gasteiger partial charge on any atom is -0.385 e. The van der Waals surface area contributed by atoms with Crippen molar-refractivity contribution in [3.63, 3.8) is 0 Å². The Bertz CT molecular complexity index is 292. The summed E-state index contributed by atoms with van der Waals surface area (Å²) in [5.74, 6) is 0.149. The molecule has 0 aromatic carbocycles. The summed E-state index contributed by atoms with van der Waals surface area (Å²) in [6, 6.07) is -0.373. The highest BCUT2D eigenvalue weighted by atomic mass is 16.5. The van der Waals surface area contributed by atoms with Crippen molar-refractivity contribution in [3.8, 4) is 0 Å². The topological polar surface area (TPSA) is 58.6 Å². The zero-order chi connectivity index (χ0) is 13.5. The Kier molecular flexibility index (Phi) is 6.12. The average Bonchev–Trinajstić information content (AvgIpc) is 2.46. The molecule has 1 aliphatic heterocycles. The molecule has 104 valence electrons. The van der Waals surface area contributed by atoms with E-state index in [1.165, 1.54) is 0 Å². The van der Waals surface area contributed by atoms with Crippen molar-refractivity contribution in [2.24, 2.45) is 5.92 Å². The van der Waals surface area contributed by atoms with E-state index in [0.29, 0.717) is 26.1 Å². The van der Waals surface area contributed by atoms with Crippen LogP contribution in [0.5, 0.6) is 0 Å². The number of methoxy groups -OCH3 is 1. The molecule has 0 aromatic heterocycles. The second-order valence-corrected chi connectivity index (χ2v) is 5.06. The Hall–Kier alpha value is -1.10. The maximum Gasteiger partial charge on any atom is 0.245 e. The summed E-state index contributed by atoms with van der Waals surface area (Å²) in [5.41, 5.74) is 0. The molecule has 1 N–H and O–H groups in total. The lowest BCUT2D eigenvalue weighted by Crippen LogP contribution is -2.47. The molecule has 1 unspecified atom stereocenters. The number of carbonyl (C=O) groups is 2. The Balaban J connectivity index is 2.54. The average molecular weight is 256 g/mol. The van der Waals surface area contributed by atoms with E-state index in [1.807, 2.05) is 13.8 Å². The van der Waals surface area contributed by atoms with Gasteiger partial charge in [0.15, 0.2) is 0 Å². The summed E-state index contributed by atoms with van der Waals surface area (Å²) in [4.78, 5) is 25.6. The number of rotatable bonds is 6. The predicted molar refractivity (Wildman–Crippen MR) is 69.1 cm³/mol. The number of nitrogens with one attached hydrogen (secondary N) is 1.